The van der Waals surface area contributed by atoms with Crippen LogP contribution in [-0.2, 0) is 5.54 Å². The molecule has 1 aliphatic rings. The zero-order valence-electron chi connectivity index (χ0n) is 11.0. The van der Waals surface area contributed by atoms with E-state index in [-0.39, 0.29) is 17.6 Å². The van der Waals surface area contributed by atoms with E-state index in [0.29, 0.717) is 0 Å². The molecule has 2 rings (SSSR count). The molecule has 0 aliphatic heterocycles. The molecule has 0 spiro atoms. The Morgan fingerprint density at radius 2 is 2.11 bits per heavy atom. The summed E-state index contributed by atoms with van der Waals surface area (Å²) >= 11 is 0. The molecule has 1 aromatic carbocycles. The molecule has 2 amide bonds. The highest BCUT2D eigenvalue weighted by atomic mass is 16.2. The van der Waals surface area contributed by atoms with Crippen LogP contribution in [0.5, 0.6) is 0 Å². The van der Waals surface area contributed by atoms with Gasteiger partial charge in [0, 0.05) is 17.3 Å². The second-order valence-electron chi connectivity index (χ2n) is 5.08. The first-order valence-corrected chi connectivity index (χ1v) is 6.51. The molecule has 1 fully saturated rings. The lowest BCUT2D eigenvalue weighted by molar-refractivity contribution is 0.232. The van der Waals surface area contributed by atoms with Gasteiger partial charge in [-0.3, -0.25) is 0 Å². The number of hydrogen-bond acceptors (Lipinski definition) is 2. The highest BCUT2D eigenvalue weighted by molar-refractivity contribution is 5.76. The average molecular weight is 247 g/mol. The standard InChI is InChI=1S/C14H21N3O/c1-3-10(2)16-13(18)17-14(8-9-14)11-6-4-5-7-12(11)15/h4-7,10H,3,8-9,15H2,1-2H3,(H2,16,17,18). The molecule has 0 aromatic heterocycles. The summed E-state index contributed by atoms with van der Waals surface area (Å²) in [6.07, 6.45) is 2.83. The van der Waals surface area contributed by atoms with Crippen LogP contribution in [0.15, 0.2) is 24.3 Å². The van der Waals surface area contributed by atoms with Crippen LogP contribution < -0.4 is 16.4 Å². The van der Waals surface area contributed by atoms with Gasteiger partial charge in [0.25, 0.3) is 0 Å². The van der Waals surface area contributed by atoms with E-state index in [0.717, 1.165) is 30.5 Å². The maximum atomic E-state index is 11.9. The highest BCUT2D eigenvalue weighted by Gasteiger charge is 2.46. The predicted octanol–water partition coefficient (Wildman–Crippen LogP) is 2.36. The van der Waals surface area contributed by atoms with Gasteiger partial charge >= 0.3 is 6.03 Å². The number of hydrogen-bond donors (Lipinski definition) is 3. The van der Waals surface area contributed by atoms with Crippen LogP contribution in [0, 0.1) is 0 Å². The molecular weight excluding hydrogens is 226 g/mol. The normalized spacial score (nSPS) is 17.9. The number of carbonyl (C=O) groups excluding carboxylic acids is 1. The van der Waals surface area contributed by atoms with Crippen molar-refractivity contribution >= 4 is 11.7 Å². The molecule has 0 bridgehead atoms. The van der Waals surface area contributed by atoms with Gasteiger partial charge in [0.1, 0.15) is 0 Å². The Kier molecular flexibility index (Phi) is 3.45. The number of rotatable bonds is 4. The van der Waals surface area contributed by atoms with E-state index in [1.807, 2.05) is 38.1 Å². The predicted molar refractivity (Wildman–Crippen MR) is 73.2 cm³/mol. The van der Waals surface area contributed by atoms with Crippen LogP contribution in [0.2, 0.25) is 0 Å². The smallest absolute Gasteiger partial charge is 0.315 e. The van der Waals surface area contributed by atoms with Crippen LogP contribution in [0.25, 0.3) is 0 Å². The number of nitrogens with one attached hydrogen (secondary N) is 2. The number of carbonyl (C=O) groups is 1. The second-order valence-corrected chi connectivity index (χ2v) is 5.08. The highest BCUT2D eigenvalue weighted by Crippen LogP contribution is 2.47. The lowest BCUT2D eigenvalue weighted by atomic mass is 10.0. The van der Waals surface area contributed by atoms with Crippen molar-refractivity contribution in [2.45, 2.75) is 44.7 Å². The summed E-state index contributed by atoms with van der Waals surface area (Å²) in [5.41, 5.74) is 7.51. The lowest BCUT2D eigenvalue weighted by Crippen LogP contribution is -2.45. The van der Waals surface area contributed by atoms with Gasteiger partial charge in [-0.2, -0.15) is 0 Å². The number of amides is 2. The van der Waals surface area contributed by atoms with Crippen molar-refractivity contribution in [1.82, 2.24) is 10.6 Å². The Bertz CT molecular complexity index is 440. The molecule has 0 heterocycles. The first-order chi connectivity index (χ1) is 8.57. The van der Waals surface area contributed by atoms with Crippen molar-refractivity contribution < 1.29 is 4.79 Å². The van der Waals surface area contributed by atoms with Crippen molar-refractivity contribution in [1.29, 1.82) is 0 Å². The molecule has 1 atom stereocenters. The first-order valence-electron chi connectivity index (χ1n) is 6.51. The van der Waals surface area contributed by atoms with E-state index in [1.54, 1.807) is 0 Å². The van der Waals surface area contributed by atoms with Crippen LogP contribution in [0.4, 0.5) is 10.5 Å². The van der Waals surface area contributed by atoms with Gasteiger partial charge in [-0.25, -0.2) is 4.79 Å². The second kappa shape index (κ2) is 4.88. The van der Waals surface area contributed by atoms with Crippen LogP contribution in [0.1, 0.15) is 38.7 Å². The van der Waals surface area contributed by atoms with E-state index in [1.165, 1.54) is 0 Å². The van der Waals surface area contributed by atoms with E-state index >= 15 is 0 Å². The topological polar surface area (TPSA) is 67.2 Å². The molecule has 1 unspecified atom stereocenters. The van der Waals surface area contributed by atoms with E-state index in [2.05, 4.69) is 10.6 Å². The van der Waals surface area contributed by atoms with Gasteiger partial charge in [-0.05, 0) is 32.3 Å². The Hall–Kier alpha value is -1.71. The molecule has 4 heteroatoms. The van der Waals surface area contributed by atoms with E-state index < -0.39 is 0 Å². The number of urea groups is 1. The van der Waals surface area contributed by atoms with Gasteiger partial charge in [-0.1, -0.05) is 25.1 Å². The number of anilines is 1. The maximum Gasteiger partial charge on any atom is 0.315 e. The summed E-state index contributed by atoms with van der Waals surface area (Å²) in [6.45, 7) is 4.04. The summed E-state index contributed by atoms with van der Waals surface area (Å²) in [5, 5.41) is 5.98. The van der Waals surface area contributed by atoms with Gasteiger partial charge in [0.2, 0.25) is 0 Å². The Balaban J connectivity index is 2.05. The lowest BCUT2D eigenvalue weighted by Gasteiger charge is -2.21. The van der Waals surface area contributed by atoms with Crippen LogP contribution >= 0.6 is 0 Å². The van der Waals surface area contributed by atoms with E-state index in [4.69, 9.17) is 5.73 Å². The summed E-state index contributed by atoms with van der Waals surface area (Å²) < 4.78 is 0. The molecule has 0 saturated heterocycles. The number of nitrogens with two attached hydrogens (primary N) is 1. The molecule has 98 valence electrons. The van der Waals surface area contributed by atoms with Crippen molar-refractivity contribution in [2.24, 2.45) is 0 Å². The molecule has 18 heavy (non-hydrogen) atoms. The van der Waals surface area contributed by atoms with Gasteiger partial charge in [0.15, 0.2) is 0 Å². The molecular formula is C14H21N3O. The average Bonchev–Trinajstić information content (AvgIpc) is 3.09. The Morgan fingerprint density at radius 3 is 2.67 bits per heavy atom. The van der Waals surface area contributed by atoms with Crippen molar-refractivity contribution in [3.8, 4) is 0 Å². The van der Waals surface area contributed by atoms with Crippen molar-refractivity contribution in [2.75, 3.05) is 5.73 Å². The third kappa shape index (κ3) is 2.58. The molecule has 4 nitrogen and oxygen atoms in total. The minimum absolute atomic E-state index is 0.106. The third-order valence-corrected chi connectivity index (χ3v) is 3.57. The fourth-order valence-electron chi connectivity index (χ4n) is 2.10. The quantitative estimate of drug-likeness (QED) is 0.715. The minimum atomic E-state index is -0.247. The SMILES string of the molecule is CCC(C)NC(=O)NC1(c2ccccc2N)CC1. The zero-order valence-corrected chi connectivity index (χ0v) is 11.0. The van der Waals surface area contributed by atoms with Gasteiger partial charge in [-0.15, -0.1) is 0 Å². The largest absolute Gasteiger partial charge is 0.398 e. The minimum Gasteiger partial charge on any atom is -0.398 e. The Morgan fingerprint density at radius 1 is 1.44 bits per heavy atom. The van der Waals surface area contributed by atoms with Crippen LogP contribution in [0.3, 0.4) is 0 Å². The summed E-state index contributed by atoms with van der Waals surface area (Å²) in [6, 6.07) is 7.82. The van der Waals surface area contributed by atoms with Gasteiger partial charge in [0.05, 0.1) is 5.54 Å². The zero-order chi connectivity index (χ0) is 13.2. The molecule has 1 aromatic rings. The fraction of sp³-hybridized carbons (Fsp3) is 0.500. The Labute approximate surface area is 108 Å². The summed E-state index contributed by atoms with van der Waals surface area (Å²) in [4.78, 5) is 11.9. The number of para-hydroxylation sites is 1. The molecule has 4 N–H and O–H groups in total. The third-order valence-electron chi connectivity index (χ3n) is 3.57. The summed E-state index contributed by atoms with van der Waals surface area (Å²) in [5.74, 6) is 0. The van der Waals surface area contributed by atoms with Gasteiger partial charge < -0.3 is 16.4 Å². The number of benzene rings is 1. The maximum absolute atomic E-state index is 11.9. The first kappa shape index (κ1) is 12.7. The van der Waals surface area contributed by atoms with Crippen molar-refractivity contribution in [3.05, 3.63) is 29.8 Å². The fourth-order valence-corrected chi connectivity index (χ4v) is 2.10. The molecule has 1 saturated carbocycles. The van der Waals surface area contributed by atoms with Crippen molar-refractivity contribution in [3.63, 3.8) is 0 Å². The molecule has 0 radical (unpaired) electrons. The van der Waals surface area contributed by atoms with Crippen LogP contribution in [-0.4, -0.2) is 12.1 Å². The number of nitrogen functional groups attached to an aromatic ring is 1. The summed E-state index contributed by atoms with van der Waals surface area (Å²) in [7, 11) is 0. The monoisotopic (exact) mass is 247 g/mol. The van der Waals surface area contributed by atoms with E-state index in [9.17, 15) is 4.79 Å². The molecule has 1 aliphatic carbocycles.